The molecule has 128 valence electrons. The number of hydrogen-bond acceptors (Lipinski definition) is 3. The standard InChI is InChI=1S/C18H18FN5O/c1-12-2-4-13(5-3-12)10-20-18(25)21-11-16-22-17(24-23-16)14-6-8-15(19)9-7-14/h2-9H,10-11H2,1H3,(H2,20,21,25)(H,22,23,24). The van der Waals surface area contributed by atoms with Gasteiger partial charge in [-0.15, -0.1) is 0 Å². The molecule has 6 nitrogen and oxygen atoms in total. The van der Waals surface area contributed by atoms with E-state index in [2.05, 4.69) is 25.8 Å². The number of urea groups is 1. The van der Waals surface area contributed by atoms with Crippen molar-refractivity contribution in [3.8, 4) is 11.4 Å². The molecule has 2 amide bonds. The maximum atomic E-state index is 12.9. The summed E-state index contributed by atoms with van der Waals surface area (Å²) in [5.41, 5.74) is 2.90. The zero-order valence-electron chi connectivity index (χ0n) is 13.7. The molecule has 0 radical (unpaired) electrons. The molecule has 0 bridgehead atoms. The van der Waals surface area contributed by atoms with E-state index in [0.29, 0.717) is 23.8 Å². The van der Waals surface area contributed by atoms with Crippen LogP contribution in [0.1, 0.15) is 17.0 Å². The number of carbonyl (C=O) groups is 1. The molecule has 1 heterocycles. The lowest BCUT2D eigenvalue weighted by atomic mass is 10.1. The zero-order valence-corrected chi connectivity index (χ0v) is 13.7. The molecule has 2 aromatic carbocycles. The highest BCUT2D eigenvalue weighted by atomic mass is 19.1. The predicted octanol–water partition coefficient (Wildman–Crippen LogP) is 2.92. The first kappa shape index (κ1) is 16.6. The summed E-state index contributed by atoms with van der Waals surface area (Å²) in [6.07, 6.45) is 0. The summed E-state index contributed by atoms with van der Waals surface area (Å²) in [6.45, 7) is 2.68. The first-order chi connectivity index (χ1) is 12.1. The van der Waals surface area contributed by atoms with Gasteiger partial charge in [0.25, 0.3) is 0 Å². The van der Waals surface area contributed by atoms with E-state index in [0.717, 1.165) is 5.56 Å². The van der Waals surface area contributed by atoms with E-state index >= 15 is 0 Å². The number of rotatable bonds is 5. The van der Waals surface area contributed by atoms with Gasteiger partial charge in [-0.05, 0) is 36.8 Å². The molecular weight excluding hydrogens is 321 g/mol. The molecule has 0 saturated carbocycles. The molecule has 25 heavy (non-hydrogen) atoms. The number of nitrogens with zero attached hydrogens (tertiary/aromatic N) is 2. The molecule has 3 aromatic rings. The van der Waals surface area contributed by atoms with Gasteiger partial charge in [0, 0.05) is 12.1 Å². The van der Waals surface area contributed by atoms with Crippen LogP contribution >= 0.6 is 0 Å². The van der Waals surface area contributed by atoms with Crippen molar-refractivity contribution in [2.75, 3.05) is 0 Å². The van der Waals surface area contributed by atoms with Crippen LogP contribution in [0.3, 0.4) is 0 Å². The largest absolute Gasteiger partial charge is 0.334 e. The third kappa shape index (κ3) is 4.63. The zero-order chi connectivity index (χ0) is 17.6. The van der Waals surface area contributed by atoms with E-state index in [4.69, 9.17) is 0 Å². The molecule has 0 saturated heterocycles. The summed E-state index contributed by atoms with van der Waals surface area (Å²) in [6, 6.07) is 13.6. The summed E-state index contributed by atoms with van der Waals surface area (Å²) in [5, 5.41) is 12.3. The molecule has 0 fully saturated rings. The second-order valence-corrected chi connectivity index (χ2v) is 5.63. The van der Waals surface area contributed by atoms with Crippen molar-refractivity contribution in [1.82, 2.24) is 25.8 Å². The Hall–Kier alpha value is -3.22. The van der Waals surface area contributed by atoms with Gasteiger partial charge >= 0.3 is 6.03 Å². The normalized spacial score (nSPS) is 10.5. The van der Waals surface area contributed by atoms with Gasteiger partial charge < -0.3 is 10.6 Å². The van der Waals surface area contributed by atoms with E-state index < -0.39 is 0 Å². The van der Waals surface area contributed by atoms with Crippen LogP contribution in [0.15, 0.2) is 48.5 Å². The van der Waals surface area contributed by atoms with Crippen LogP contribution in [-0.2, 0) is 13.1 Å². The van der Waals surface area contributed by atoms with Crippen molar-refractivity contribution in [2.45, 2.75) is 20.0 Å². The number of amides is 2. The first-order valence-electron chi connectivity index (χ1n) is 7.84. The van der Waals surface area contributed by atoms with Crippen LogP contribution in [0.2, 0.25) is 0 Å². The van der Waals surface area contributed by atoms with Crippen LogP contribution in [-0.4, -0.2) is 21.2 Å². The van der Waals surface area contributed by atoms with Gasteiger partial charge in [-0.3, -0.25) is 5.10 Å². The van der Waals surface area contributed by atoms with Gasteiger partial charge in [-0.1, -0.05) is 29.8 Å². The minimum absolute atomic E-state index is 0.216. The Kier molecular flexibility index (Phi) is 5.03. The number of aryl methyl sites for hydroxylation is 1. The molecule has 0 aliphatic heterocycles. The number of aromatic nitrogens is 3. The van der Waals surface area contributed by atoms with E-state index in [1.165, 1.54) is 17.7 Å². The highest BCUT2D eigenvalue weighted by molar-refractivity contribution is 5.73. The Balaban J connectivity index is 1.49. The number of hydrogen-bond donors (Lipinski definition) is 3. The number of H-pyrrole nitrogens is 1. The van der Waals surface area contributed by atoms with Gasteiger partial charge in [0.1, 0.15) is 11.6 Å². The number of aromatic amines is 1. The summed E-state index contributed by atoms with van der Waals surface area (Å²) in [7, 11) is 0. The molecule has 0 unspecified atom stereocenters. The summed E-state index contributed by atoms with van der Waals surface area (Å²) >= 11 is 0. The van der Waals surface area contributed by atoms with Crippen molar-refractivity contribution >= 4 is 6.03 Å². The molecular formula is C18H18FN5O. The van der Waals surface area contributed by atoms with Gasteiger partial charge in [-0.2, -0.15) is 5.10 Å². The number of halogens is 1. The Morgan fingerprint density at radius 1 is 1.04 bits per heavy atom. The van der Waals surface area contributed by atoms with E-state index in [1.54, 1.807) is 12.1 Å². The Morgan fingerprint density at radius 2 is 1.72 bits per heavy atom. The predicted molar refractivity (Wildman–Crippen MR) is 92.0 cm³/mol. The van der Waals surface area contributed by atoms with E-state index in [-0.39, 0.29) is 18.4 Å². The highest BCUT2D eigenvalue weighted by Crippen LogP contribution is 2.14. The lowest BCUT2D eigenvalue weighted by Gasteiger charge is -2.06. The van der Waals surface area contributed by atoms with Crippen LogP contribution < -0.4 is 10.6 Å². The van der Waals surface area contributed by atoms with Gasteiger partial charge in [0.2, 0.25) is 0 Å². The molecule has 0 aliphatic carbocycles. The van der Waals surface area contributed by atoms with Crippen molar-refractivity contribution in [3.63, 3.8) is 0 Å². The molecule has 1 aromatic heterocycles. The molecule has 3 rings (SSSR count). The monoisotopic (exact) mass is 339 g/mol. The molecule has 7 heteroatoms. The number of carbonyl (C=O) groups excluding carboxylic acids is 1. The highest BCUT2D eigenvalue weighted by Gasteiger charge is 2.07. The van der Waals surface area contributed by atoms with Crippen molar-refractivity contribution in [2.24, 2.45) is 0 Å². The lowest BCUT2D eigenvalue weighted by molar-refractivity contribution is 0.240. The van der Waals surface area contributed by atoms with Gasteiger partial charge in [0.15, 0.2) is 5.82 Å². The van der Waals surface area contributed by atoms with Crippen molar-refractivity contribution < 1.29 is 9.18 Å². The maximum absolute atomic E-state index is 12.9. The van der Waals surface area contributed by atoms with Crippen LogP contribution in [0, 0.1) is 12.7 Å². The van der Waals surface area contributed by atoms with E-state index in [1.807, 2.05) is 31.2 Å². The van der Waals surface area contributed by atoms with Crippen molar-refractivity contribution in [1.29, 1.82) is 0 Å². The van der Waals surface area contributed by atoms with Crippen LogP contribution in [0.25, 0.3) is 11.4 Å². The number of benzene rings is 2. The minimum Gasteiger partial charge on any atom is -0.334 e. The molecule has 3 N–H and O–H groups in total. The van der Waals surface area contributed by atoms with E-state index in [9.17, 15) is 9.18 Å². The maximum Gasteiger partial charge on any atom is 0.315 e. The quantitative estimate of drug-likeness (QED) is 0.668. The smallest absolute Gasteiger partial charge is 0.315 e. The summed E-state index contributed by atoms with van der Waals surface area (Å²) in [4.78, 5) is 16.1. The molecule has 0 spiro atoms. The lowest BCUT2D eigenvalue weighted by Crippen LogP contribution is -2.34. The third-order valence-corrected chi connectivity index (χ3v) is 3.62. The molecule has 0 aliphatic rings. The first-order valence-corrected chi connectivity index (χ1v) is 7.84. The van der Waals surface area contributed by atoms with Gasteiger partial charge in [-0.25, -0.2) is 14.2 Å². The fraction of sp³-hybridized carbons (Fsp3) is 0.167. The average Bonchev–Trinajstić information content (AvgIpc) is 3.09. The second-order valence-electron chi connectivity index (χ2n) is 5.63. The Labute approximate surface area is 144 Å². The van der Waals surface area contributed by atoms with Crippen molar-refractivity contribution in [3.05, 3.63) is 71.3 Å². The summed E-state index contributed by atoms with van der Waals surface area (Å²) in [5.74, 6) is 0.660. The third-order valence-electron chi connectivity index (χ3n) is 3.62. The fourth-order valence-corrected chi connectivity index (χ4v) is 2.22. The van der Waals surface area contributed by atoms with Crippen LogP contribution in [0.5, 0.6) is 0 Å². The topological polar surface area (TPSA) is 82.7 Å². The Bertz CT molecular complexity index is 843. The van der Waals surface area contributed by atoms with Gasteiger partial charge in [0.05, 0.1) is 6.54 Å². The SMILES string of the molecule is Cc1ccc(CNC(=O)NCc2nc(-c3ccc(F)cc3)n[nH]2)cc1. The second kappa shape index (κ2) is 7.57. The minimum atomic E-state index is -0.313. The summed E-state index contributed by atoms with van der Waals surface area (Å²) < 4.78 is 12.9. The molecule has 0 atom stereocenters. The Morgan fingerprint density at radius 3 is 2.44 bits per heavy atom. The fourth-order valence-electron chi connectivity index (χ4n) is 2.22. The number of nitrogens with one attached hydrogen (secondary N) is 3. The average molecular weight is 339 g/mol. The van der Waals surface area contributed by atoms with Crippen LogP contribution in [0.4, 0.5) is 9.18 Å².